The van der Waals surface area contributed by atoms with Crippen molar-refractivity contribution in [2.24, 2.45) is 34.0 Å². The van der Waals surface area contributed by atoms with Crippen LogP contribution in [0.2, 0.25) is 0 Å². The second kappa shape index (κ2) is 3.44. The van der Waals surface area contributed by atoms with Crippen molar-refractivity contribution >= 4 is 23.0 Å². The minimum atomic E-state index is 0.261. The quantitative estimate of drug-likeness (QED) is 0.529. The smallest absolute Gasteiger partial charge is 0.184 e. The van der Waals surface area contributed by atoms with Crippen LogP contribution in [0.4, 0.5) is 0 Å². The summed E-state index contributed by atoms with van der Waals surface area (Å²) in [6.07, 6.45) is 2.39. The Balaban J connectivity index is 2.12. The molecular formula is C11H19N3S. The van der Waals surface area contributed by atoms with Gasteiger partial charge >= 0.3 is 0 Å². The second-order valence-electron chi connectivity index (χ2n) is 5.43. The normalized spacial score (nSPS) is 39.7. The fourth-order valence-electron chi connectivity index (χ4n) is 3.13. The van der Waals surface area contributed by atoms with Gasteiger partial charge in [-0.2, -0.15) is 5.10 Å². The van der Waals surface area contributed by atoms with Crippen molar-refractivity contribution in [1.82, 2.24) is 5.43 Å². The molecular weight excluding hydrogens is 206 g/mol. The molecule has 0 amide bonds. The summed E-state index contributed by atoms with van der Waals surface area (Å²) in [7, 11) is 0. The lowest BCUT2D eigenvalue weighted by Gasteiger charge is -2.36. The topological polar surface area (TPSA) is 50.4 Å². The standard InChI is InChI=1S/C11H19N3S/c1-6-8-4-7(11(6,2)3)5-9(8)13-14-10(12)15/h6-8H,4-5H2,1-3H3,(H3,12,14,15)/b13-9-/t6-,7+,8-/m0/s1. The molecule has 0 aliphatic heterocycles. The number of hydrazone groups is 1. The first-order valence-electron chi connectivity index (χ1n) is 5.55. The molecule has 3 nitrogen and oxygen atoms in total. The summed E-state index contributed by atoms with van der Waals surface area (Å²) in [4.78, 5) is 0. The van der Waals surface area contributed by atoms with Crippen LogP contribution in [-0.2, 0) is 0 Å². The summed E-state index contributed by atoms with van der Waals surface area (Å²) in [6, 6.07) is 0. The van der Waals surface area contributed by atoms with E-state index in [0.717, 1.165) is 12.3 Å². The zero-order valence-corrected chi connectivity index (χ0v) is 10.4. The van der Waals surface area contributed by atoms with Gasteiger partial charge < -0.3 is 5.73 Å². The monoisotopic (exact) mass is 225 g/mol. The van der Waals surface area contributed by atoms with Gasteiger partial charge in [-0.25, -0.2) is 0 Å². The molecule has 0 heterocycles. The number of hydrogen-bond acceptors (Lipinski definition) is 2. The van der Waals surface area contributed by atoms with Gasteiger partial charge in [0.25, 0.3) is 0 Å². The zero-order chi connectivity index (χ0) is 11.2. The average molecular weight is 225 g/mol. The third-order valence-corrected chi connectivity index (χ3v) is 4.65. The lowest BCUT2D eigenvalue weighted by atomic mass is 9.69. The first-order chi connectivity index (χ1) is 6.93. The minimum absolute atomic E-state index is 0.261. The van der Waals surface area contributed by atoms with E-state index in [-0.39, 0.29) is 5.11 Å². The molecule has 0 saturated heterocycles. The van der Waals surface area contributed by atoms with Crippen molar-refractivity contribution in [1.29, 1.82) is 0 Å². The van der Waals surface area contributed by atoms with Crippen molar-refractivity contribution in [3.05, 3.63) is 0 Å². The van der Waals surface area contributed by atoms with Crippen LogP contribution in [0.25, 0.3) is 0 Å². The summed E-state index contributed by atoms with van der Waals surface area (Å²) in [5.74, 6) is 2.12. The molecule has 2 fully saturated rings. The molecule has 2 bridgehead atoms. The summed E-state index contributed by atoms with van der Waals surface area (Å²) in [5, 5.41) is 4.58. The molecule has 0 aromatic heterocycles. The molecule has 0 radical (unpaired) electrons. The van der Waals surface area contributed by atoms with Crippen LogP contribution in [0.1, 0.15) is 33.6 Å². The number of hydrogen-bond donors (Lipinski definition) is 2. The van der Waals surface area contributed by atoms with Gasteiger partial charge in [0.15, 0.2) is 5.11 Å². The van der Waals surface area contributed by atoms with Gasteiger partial charge in [0.1, 0.15) is 0 Å². The van der Waals surface area contributed by atoms with E-state index in [0.29, 0.717) is 17.3 Å². The molecule has 15 heavy (non-hydrogen) atoms. The Morgan fingerprint density at radius 3 is 2.73 bits per heavy atom. The molecule has 2 aliphatic carbocycles. The van der Waals surface area contributed by atoms with E-state index in [1.807, 2.05) is 0 Å². The third-order valence-electron chi connectivity index (χ3n) is 4.56. The van der Waals surface area contributed by atoms with E-state index in [2.05, 4.69) is 31.3 Å². The lowest BCUT2D eigenvalue weighted by molar-refractivity contribution is 0.182. The van der Waals surface area contributed by atoms with Crippen LogP contribution in [-0.4, -0.2) is 10.8 Å². The number of thiocarbonyl (C=S) groups is 1. The lowest BCUT2D eigenvalue weighted by Crippen LogP contribution is -2.35. The zero-order valence-electron chi connectivity index (χ0n) is 9.58. The van der Waals surface area contributed by atoms with Crippen LogP contribution in [0.15, 0.2) is 5.10 Å². The van der Waals surface area contributed by atoms with Gasteiger partial charge in [-0.15, -0.1) is 0 Å². The molecule has 2 aliphatic rings. The molecule has 2 rings (SSSR count). The largest absolute Gasteiger partial charge is 0.375 e. The molecule has 2 saturated carbocycles. The third kappa shape index (κ3) is 1.65. The van der Waals surface area contributed by atoms with E-state index >= 15 is 0 Å². The van der Waals surface area contributed by atoms with E-state index in [1.165, 1.54) is 12.1 Å². The van der Waals surface area contributed by atoms with Gasteiger partial charge in [-0.05, 0) is 42.3 Å². The summed E-state index contributed by atoms with van der Waals surface area (Å²) in [5.41, 5.74) is 9.82. The highest BCUT2D eigenvalue weighted by molar-refractivity contribution is 7.80. The van der Waals surface area contributed by atoms with E-state index in [9.17, 15) is 0 Å². The highest BCUT2D eigenvalue weighted by Crippen LogP contribution is 2.57. The van der Waals surface area contributed by atoms with Crippen LogP contribution in [0.3, 0.4) is 0 Å². The Bertz CT molecular complexity index is 318. The first-order valence-corrected chi connectivity index (χ1v) is 5.95. The number of nitrogens with two attached hydrogens (primary N) is 1. The molecule has 3 atom stereocenters. The Kier molecular flexibility index (Phi) is 2.49. The van der Waals surface area contributed by atoms with Crippen LogP contribution < -0.4 is 11.2 Å². The first kappa shape index (κ1) is 10.9. The van der Waals surface area contributed by atoms with Gasteiger partial charge in [0, 0.05) is 11.6 Å². The predicted molar refractivity (Wildman–Crippen MR) is 66.5 cm³/mol. The SMILES string of the molecule is C[C@H]1[C@@H]2C[C@H](C/C2=N/NC(N)=S)C1(C)C. The van der Waals surface area contributed by atoms with Gasteiger partial charge in [0.05, 0.1) is 0 Å². The van der Waals surface area contributed by atoms with Gasteiger partial charge in [0.2, 0.25) is 0 Å². The highest BCUT2D eigenvalue weighted by Gasteiger charge is 2.53. The maximum atomic E-state index is 5.37. The molecule has 0 aromatic rings. The van der Waals surface area contributed by atoms with E-state index in [1.54, 1.807) is 0 Å². The van der Waals surface area contributed by atoms with Crippen molar-refractivity contribution in [3.8, 4) is 0 Å². The number of fused-ring (bicyclic) bond motifs is 2. The molecule has 4 heteroatoms. The molecule has 84 valence electrons. The number of nitrogens with one attached hydrogen (secondary N) is 1. The Hall–Kier alpha value is -0.640. The molecule has 0 aromatic carbocycles. The Morgan fingerprint density at radius 2 is 2.27 bits per heavy atom. The van der Waals surface area contributed by atoms with Crippen molar-refractivity contribution < 1.29 is 0 Å². The molecule has 3 N–H and O–H groups in total. The van der Waals surface area contributed by atoms with Crippen molar-refractivity contribution in [2.75, 3.05) is 0 Å². The summed E-state index contributed by atoms with van der Waals surface area (Å²) >= 11 is 4.75. The minimum Gasteiger partial charge on any atom is -0.375 e. The van der Waals surface area contributed by atoms with Crippen molar-refractivity contribution in [3.63, 3.8) is 0 Å². The Morgan fingerprint density at radius 1 is 1.60 bits per heavy atom. The maximum Gasteiger partial charge on any atom is 0.184 e. The van der Waals surface area contributed by atoms with Gasteiger partial charge in [-0.3, -0.25) is 5.43 Å². The van der Waals surface area contributed by atoms with E-state index < -0.39 is 0 Å². The molecule has 0 unspecified atom stereocenters. The molecule has 0 spiro atoms. The van der Waals surface area contributed by atoms with Gasteiger partial charge in [-0.1, -0.05) is 20.8 Å². The van der Waals surface area contributed by atoms with Crippen LogP contribution in [0.5, 0.6) is 0 Å². The number of nitrogens with zero attached hydrogens (tertiary/aromatic N) is 1. The maximum absolute atomic E-state index is 5.37. The van der Waals surface area contributed by atoms with Crippen molar-refractivity contribution in [2.45, 2.75) is 33.6 Å². The Labute approximate surface area is 96.5 Å². The fraction of sp³-hybridized carbons (Fsp3) is 0.818. The fourth-order valence-corrected chi connectivity index (χ4v) is 3.18. The second-order valence-corrected chi connectivity index (χ2v) is 5.87. The highest BCUT2D eigenvalue weighted by atomic mass is 32.1. The number of rotatable bonds is 1. The predicted octanol–water partition coefficient (Wildman–Crippen LogP) is 1.88. The average Bonchev–Trinajstić information content (AvgIpc) is 2.64. The summed E-state index contributed by atoms with van der Waals surface area (Å²) < 4.78 is 0. The van der Waals surface area contributed by atoms with E-state index in [4.69, 9.17) is 18.0 Å². The van der Waals surface area contributed by atoms with Crippen LogP contribution in [0, 0.1) is 23.2 Å². The summed E-state index contributed by atoms with van der Waals surface area (Å²) in [6.45, 7) is 7.08. The van der Waals surface area contributed by atoms with Crippen LogP contribution >= 0.6 is 12.2 Å².